The van der Waals surface area contributed by atoms with Gasteiger partial charge < -0.3 is 5.11 Å². The third-order valence-corrected chi connectivity index (χ3v) is 3.02. The number of hydrogen-bond donors (Lipinski definition) is 1. The van der Waals surface area contributed by atoms with Crippen LogP contribution >= 0.6 is 11.6 Å². The lowest BCUT2D eigenvalue weighted by molar-refractivity contribution is 0.0734. The van der Waals surface area contributed by atoms with Crippen LogP contribution in [0.3, 0.4) is 0 Å². The minimum atomic E-state index is -0.243. The molecule has 0 radical (unpaired) electrons. The Hall–Kier alpha value is -0.640. The van der Waals surface area contributed by atoms with Gasteiger partial charge in [0.05, 0.1) is 11.6 Å². The summed E-state index contributed by atoms with van der Waals surface area (Å²) in [5.74, 6) is 0. The van der Waals surface area contributed by atoms with E-state index in [-0.39, 0.29) is 12.1 Å². The number of aliphatic hydroxyl groups excluding tert-OH is 1. The number of aliphatic hydroxyl groups is 1. The Morgan fingerprint density at radius 2 is 2.20 bits per heavy atom. The molecule has 0 aliphatic carbocycles. The second-order valence-corrected chi connectivity index (χ2v) is 4.70. The standard InChI is InChI=1S/C11H17ClN2O/c1-11(2,8-15)14(3)7-9-4-5-13-6-10(9)12/h4-6,15H,7-8H2,1-3H3. The van der Waals surface area contributed by atoms with E-state index in [0.717, 1.165) is 5.56 Å². The van der Waals surface area contributed by atoms with E-state index in [0.29, 0.717) is 11.6 Å². The first kappa shape index (κ1) is 12.4. The molecule has 0 aliphatic heterocycles. The molecular weight excluding hydrogens is 212 g/mol. The molecule has 0 spiro atoms. The van der Waals surface area contributed by atoms with Crippen molar-refractivity contribution in [2.45, 2.75) is 25.9 Å². The maximum Gasteiger partial charge on any atom is 0.0634 e. The summed E-state index contributed by atoms with van der Waals surface area (Å²) in [6.07, 6.45) is 3.36. The second-order valence-electron chi connectivity index (χ2n) is 4.29. The van der Waals surface area contributed by atoms with Crippen molar-refractivity contribution in [3.05, 3.63) is 29.0 Å². The van der Waals surface area contributed by atoms with Gasteiger partial charge in [0.15, 0.2) is 0 Å². The van der Waals surface area contributed by atoms with Crippen LogP contribution < -0.4 is 0 Å². The molecule has 0 saturated heterocycles. The van der Waals surface area contributed by atoms with Crippen molar-refractivity contribution in [3.8, 4) is 0 Å². The summed E-state index contributed by atoms with van der Waals surface area (Å²) in [6, 6.07) is 1.90. The van der Waals surface area contributed by atoms with Gasteiger partial charge in [0.25, 0.3) is 0 Å². The summed E-state index contributed by atoms with van der Waals surface area (Å²) in [5.41, 5.74) is 0.780. The zero-order valence-electron chi connectivity index (χ0n) is 9.37. The smallest absolute Gasteiger partial charge is 0.0634 e. The molecule has 1 N–H and O–H groups in total. The van der Waals surface area contributed by atoms with E-state index in [4.69, 9.17) is 11.6 Å². The van der Waals surface area contributed by atoms with E-state index in [9.17, 15) is 5.11 Å². The molecule has 84 valence electrons. The molecule has 0 amide bonds. The van der Waals surface area contributed by atoms with Gasteiger partial charge in [-0.3, -0.25) is 9.88 Å². The van der Waals surface area contributed by atoms with Gasteiger partial charge in [-0.25, -0.2) is 0 Å². The molecule has 0 atom stereocenters. The lowest BCUT2D eigenvalue weighted by Gasteiger charge is -2.34. The van der Waals surface area contributed by atoms with Gasteiger partial charge in [0.2, 0.25) is 0 Å². The molecule has 1 aromatic heterocycles. The number of nitrogens with zero attached hydrogens (tertiary/aromatic N) is 2. The van der Waals surface area contributed by atoms with E-state index < -0.39 is 0 Å². The molecule has 3 nitrogen and oxygen atoms in total. The molecular formula is C11H17ClN2O. The van der Waals surface area contributed by atoms with Gasteiger partial charge >= 0.3 is 0 Å². The van der Waals surface area contributed by atoms with Crippen LogP contribution in [0.5, 0.6) is 0 Å². The number of halogens is 1. The summed E-state index contributed by atoms with van der Waals surface area (Å²) in [7, 11) is 1.97. The first-order valence-electron chi connectivity index (χ1n) is 4.88. The van der Waals surface area contributed by atoms with Crippen molar-refractivity contribution in [2.75, 3.05) is 13.7 Å². The van der Waals surface area contributed by atoms with Crippen molar-refractivity contribution in [2.24, 2.45) is 0 Å². The van der Waals surface area contributed by atoms with Crippen molar-refractivity contribution in [1.29, 1.82) is 0 Å². The summed E-state index contributed by atoms with van der Waals surface area (Å²) in [5, 5.41) is 9.89. The molecule has 1 rings (SSSR count). The van der Waals surface area contributed by atoms with Crippen molar-refractivity contribution in [3.63, 3.8) is 0 Å². The maximum atomic E-state index is 9.22. The molecule has 1 aromatic rings. The third kappa shape index (κ3) is 3.16. The van der Waals surface area contributed by atoms with Crippen LogP contribution in [0.25, 0.3) is 0 Å². The van der Waals surface area contributed by atoms with Crippen LogP contribution in [0.2, 0.25) is 5.02 Å². The Morgan fingerprint density at radius 3 is 2.73 bits per heavy atom. The van der Waals surface area contributed by atoms with E-state index in [1.54, 1.807) is 12.4 Å². The normalized spacial score (nSPS) is 12.1. The molecule has 0 unspecified atom stereocenters. The fourth-order valence-electron chi connectivity index (χ4n) is 1.12. The van der Waals surface area contributed by atoms with Crippen molar-refractivity contribution < 1.29 is 5.11 Å². The Morgan fingerprint density at radius 1 is 1.53 bits per heavy atom. The van der Waals surface area contributed by atoms with Crippen molar-refractivity contribution >= 4 is 11.6 Å². The van der Waals surface area contributed by atoms with E-state index in [1.165, 1.54) is 0 Å². The first-order valence-corrected chi connectivity index (χ1v) is 5.25. The quantitative estimate of drug-likeness (QED) is 0.856. The Kier molecular flexibility index (Phi) is 4.08. The van der Waals surface area contributed by atoms with Gasteiger partial charge in [-0.2, -0.15) is 0 Å². The number of hydrogen-bond acceptors (Lipinski definition) is 3. The minimum Gasteiger partial charge on any atom is -0.394 e. The Balaban J connectivity index is 2.75. The monoisotopic (exact) mass is 228 g/mol. The number of likely N-dealkylation sites (N-methyl/N-ethyl adjacent to an activating group) is 1. The maximum absolute atomic E-state index is 9.22. The largest absolute Gasteiger partial charge is 0.394 e. The highest BCUT2D eigenvalue weighted by molar-refractivity contribution is 6.31. The van der Waals surface area contributed by atoms with Crippen LogP contribution in [0.15, 0.2) is 18.5 Å². The van der Waals surface area contributed by atoms with Gasteiger partial charge in [-0.1, -0.05) is 11.6 Å². The van der Waals surface area contributed by atoms with Crippen LogP contribution in [0.1, 0.15) is 19.4 Å². The average molecular weight is 229 g/mol. The van der Waals surface area contributed by atoms with E-state index in [2.05, 4.69) is 9.88 Å². The predicted octanol–water partition coefficient (Wildman–Crippen LogP) is 1.94. The topological polar surface area (TPSA) is 36.4 Å². The summed E-state index contributed by atoms with van der Waals surface area (Å²) >= 11 is 6.01. The molecule has 0 aliphatic rings. The molecule has 0 fully saturated rings. The molecule has 0 aromatic carbocycles. The summed E-state index contributed by atoms with van der Waals surface area (Å²) in [6.45, 7) is 4.80. The first-order chi connectivity index (χ1) is 6.97. The third-order valence-electron chi connectivity index (χ3n) is 2.68. The highest BCUT2D eigenvalue weighted by Crippen LogP contribution is 2.19. The molecule has 15 heavy (non-hydrogen) atoms. The molecule has 1 heterocycles. The van der Waals surface area contributed by atoms with Gasteiger partial charge in [-0.15, -0.1) is 0 Å². The number of pyridine rings is 1. The highest BCUT2D eigenvalue weighted by Gasteiger charge is 2.22. The van der Waals surface area contributed by atoms with Crippen LogP contribution in [0, 0.1) is 0 Å². The van der Waals surface area contributed by atoms with Gasteiger partial charge in [0, 0.05) is 24.5 Å². The summed E-state index contributed by atoms with van der Waals surface area (Å²) < 4.78 is 0. The van der Waals surface area contributed by atoms with E-state index >= 15 is 0 Å². The van der Waals surface area contributed by atoms with Gasteiger partial charge in [-0.05, 0) is 32.5 Å². The second kappa shape index (κ2) is 4.92. The average Bonchev–Trinajstić information content (AvgIpc) is 2.21. The van der Waals surface area contributed by atoms with Crippen LogP contribution in [-0.2, 0) is 6.54 Å². The minimum absolute atomic E-state index is 0.117. The zero-order valence-corrected chi connectivity index (χ0v) is 10.1. The van der Waals surface area contributed by atoms with Crippen LogP contribution in [0.4, 0.5) is 0 Å². The van der Waals surface area contributed by atoms with E-state index in [1.807, 2.05) is 27.0 Å². The molecule has 0 saturated carbocycles. The molecule has 0 bridgehead atoms. The molecule has 4 heteroatoms. The lowest BCUT2D eigenvalue weighted by Crippen LogP contribution is -2.43. The lowest BCUT2D eigenvalue weighted by atomic mass is 10.0. The Bertz CT molecular complexity index is 328. The fraction of sp³-hybridized carbons (Fsp3) is 0.545. The zero-order chi connectivity index (χ0) is 11.5. The predicted molar refractivity (Wildman–Crippen MR) is 61.9 cm³/mol. The van der Waals surface area contributed by atoms with Crippen molar-refractivity contribution in [1.82, 2.24) is 9.88 Å². The Labute approximate surface area is 95.7 Å². The fourth-order valence-corrected chi connectivity index (χ4v) is 1.30. The number of aromatic nitrogens is 1. The van der Waals surface area contributed by atoms with Crippen LogP contribution in [-0.4, -0.2) is 34.2 Å². The number of rotatable bonds is 4. The highest BCUT2D eigenvalue weighted by atomic mass is 35.5. The van der Waals surface area contributed by atoms with Gasteiger partial charge in [0.1, 0.15) is 0 Å². The SMILES string of the molecule is CN(Cc1ccncc1Cl)C(C)(C)CO. The summed E-state index contributed by atoms with van der Waals surface area (Å²) in [4.78, 5) is 6.00.